The highest BCUT2D eigenvalue weighted by Crippen LogP contribution is 2.28. The summed E-state index contributed by atoms with van der Waals surface area (Å²) in [5, 5.41) is 15.7. The van der Waals surface area contributed by atoms with Crippen LogP contribution >= 0.6 is 35.0 Å². The number of nitrogens with one attached hydrogen (secondary N) is 2. The monoisotopic (exact) mass is 478 g/mol. The number of allylic oxidation sites excluding steroid dienone is 2. The van der Waals surface area contributed by atoms with Gasteiger partial charge in [-0.05, 0) is 55.3 Å². The highest BCUT2D eigenvalue weighted by Gasteiger charge is 2.33. The van der Waals surface area contributed by atoms with Crippen LogP contribution in [-0.2, 0) is 14.4 Å². The molecule has 1 aliphatic rings. The number of benzene rings is 2. The summed E-state index contributed by atoms with van der Waals surface area (Å²) in [5.74, 6) is -2.62. The molecule has 1 aliphatic carbocycles. The van der Waals surface area contributed by atoms with Gasteiger partial charge >= 0.3 is 5.97 Å². The number of thioether (sulfide) groups is 1. The van der Waals surface area contributed by atoms with Crippen LogP contribution in [0.5, 0.6) is 0 Å². The van der Waals surface area contributed by atoms with E-state index < -0.39 is 17.8 Å². The molecule has 0 spiro atoms. The number of halogens is 2. The summed E-state index contributed by atoms with van der Waals surface area (Å²) in [7, 11) is 0. The minimum atomic E-state index is -0.964. The molecular formula is C22H20Cl2N2O4S. The first-order valence-electron chi connectivity index (χ1n) is 9.50. The molecule has 2 aromatic carbocycles. The second-order valence-electron chi connectivity index (χ2n) is 6.97. The summed E-state index contributed by atoms with van der Waals surface area (Å²) in [4.78, 5) is 36.9. The van der Waals surface area contributed by atoms with Crippen molar-refractivity contribution in [1.82, 2.24) is 0 Å². The van der Waals surface area contributed by atoms with E-state index in [9.17, 15) is 19.5 Å². The molecule has 2 aromatic rings. The van der Waals surface area contributed by atoms with Crippen molar-refractivity contribution >= 4 is 64.1 Å². The van der Waals surface area contributed by atoms with Crippen molar-refractivity contribution in [3.05, 3.63) is 64.7 Å². The van der Waals surface area contributed by atoms with Crippen LogP contribution in [-0.4, -0.2) is 28.6 Å². The van der Waals surface area contributed by atoms with Gasteiger partial charge < -0.3 is 15.7 Å². The van der Waals surface area contributed by atoms with Crippen LogP contribution in [0.4, 0.5) is 11.4 Å². The van der Waals surface area contributed by atoms with Crippen molar-refractivity contribution in [3.8, 4) is 0 Å². The molecule has 0 saturated heterocycles. The molecular weight excluding hydrogens is 459 g/mol. The Hall–Kier alpha value is -2.48. The molecule has 6 nitrogen and oxygen atoms in total. The summed E-state index contributed by atoms with van der Waals surface area (Å²) in [5.41, 5.74) is 1.07. The second kappa shape index (κ2) is 10.7. The van der Waals surface area contributed by atoms with E-state index in [0.29, 0.717) is 34.3 Å². The summed E-state index contributed by atoms with van der Waals surface area (Å²) >= 11 is 13.2. The van der Waals surface area contributed by atoms with E-state index in [4.69, 9.17) is 23.2 Å². The van der Waals surface area contributed by atoms with E-state index >= 15 is 0 Å². The van der Waals surface area contributed by atoms with Crippen LogP contribution in [0, 0.1) is 11.8 Å². The zero-order chi connectivity index (χ0) is 22.4. The molecule has 3 rings (SSSR count). The van der Waals surface area contributed by atoms with Crippen LogP contribution in [0.2, 0.25) is 10.0 Å². The third-order valence-electron chi connectivity index (χ3n) is 4.78. The molecule has 3 N–H and O–H groups in total. The first kappa shape index (κ1) is 23.2. The van der Waals surface area contributed by atoms with Gasteiger partial charge in [0.2, 0.25) is 11.8 Å². The van der Waals surface area contributed by atoms with E-state index in [1.165, 1.54) is 11.8 Å². The lowest BCUT2D eigenvalue weighted by molar-refractivity contribution is -0.146. The number of carbonyl (C=O) groups excluding carboxylic acids is 2. The van der Waals surface area contributed by atoms with Gasteiger partial charge in [-0.2, -0.15) is 0 Å². The molecule has 0 aliphatic heterocycles. The standard InChI is InChI=1S/C22H20Cl2N2O4S/c23-13-5-10-19(18(24)11-13)26-20(27)12-31-15-8-6-14(7-9-15)25-21(28)16-3-1-2-4-17(16)22(29)30/h1-2,5-11,16-17H,3-4,12H2,(H,25,28)(H,26,27)(H,29,30). The van der Waals surface area contributed by atoms with Gasteiger partial charge in [0.15, 0.2) is 0 Å². The minimum Gasteiger partial charge on any atom is -0.481 e. The molecule has 0 fully saturated rings. The first-order valence-corrected chi connectivity index (χ1v) is 11.2. The Kier molecular flexibility index (Phi) is 8.01. The van der Waals surface area contributed by atoms with Gasteiger partial charge in [0.05, 0.1) is 28.3 Å². The van der Waals surface area contributed by atoms with Crippen molar-refractivity contribution in [2.75, 3.05) is 16.4 Å². The zero-order valence-electron chi connectivity index (χ0n) is 16.3. The minimum absolute atomic E-state index is 0.180. The van der Waals surface area contributed by atoms with Crippen molar-refractivity contribution in [3.63, 3.8) is 0 Å². The Morgan fingerprint density at radius 3 is 2.29 bits per heavy atom. The van der Waals surface area contributed by atoms with E-state index in [-0.39, 0.29) is 17.6 Å². The molecule has 0 aromatic heterocycles. The molecule has 2 atom stereocenters. The van der Waals surface area contributed by atoms with Gasteiger partial charge in [-0.1, -0.05) is 35.4 Å². The van der Waals surface area contributed by atoms with Crippen molar-refractivity contribution in [1.29, 1.82) is 0 Å². The maximum Gasteiger partial charge on any atom is 0.307 e. The molecule has 0 radical (unpaired) electrons. The van der Waals surface area contributed by atoms with Crippen molar-refractivity contribution in [2.45, 2.75) is 17.7 Å². The molecule has 162 valence electrons. The summed E-state index contributed by atoms with van der Waals surface area (Å²) < 4.78 is 0. The number of aliphatic carboxylic acids is 1. The lowest BCUT2D eigenvalue weighted by Gasteiger charge is -2.24. The maximum atomic E-state index is 12.5. The van der Waals surface area contributed by atoms with Gasteiger partial charge in [-0.3, -0.25) is 14.4 Å². The zero-order valence-corrected chi connectivity index (χ0v) is 18.6. The van der Waals surface area contributed by atoms with Crippen LogP contribution in [0.15, 0.2) is 59.5 Å². The largest absolute Gasteiger partial charge is 0.481 e. The van der Waals surface area contributed by atoms with E-state index in [2.05, 4.69) is 10.6 Å². The smallest absolute Gasteiger partial charge is 0.307 e. The van der Waals surface area contributed by atoms with Crippen molar-refractivity contribution in [2.24, 2.45) is 11.8 Å². The number of carboxylic acid groups (broad SMARTS) is 1. The van der Waals surface area contributed by atoms with E-state index in [0.717, 1.165) is 4.90 Å². The van der Waals surface area contributed by atoms with Crippen LogP contribution in [0.3, 0.4) is 0 Å². The fourth-order valence-electron chi connectivity index (χ4n) is 3.17. The molecule has 31 heavy (non-hydrogen) atoms. The molecule has 2 amide bonds. The lowest BCUT2D eigenvalue weighted by Crippen LogP contribution is -2.34. The van der Waals surface area contributed by atoms with Gasteiger partial charge in [0.25, 0.3) is 0 Å². The molecule has 0 saturated carbocycles. The molecule has 0 bridgehead atoms. The number of carboxylic acids is 1. The van der Waals surface area contributed by atoms with Gasteiger partial charge in [-0.25, -0.2) is 0 Å². The summed E-state index contributed by atoms with van der Waals surface area (Å²) in [6.45, 7) is 0. The number of anilines is 2. The molecule has 0 heterocycles. The second-order valence-corrected chi connectivity index (χ2v) is 8.86. The number of hydrogen-bond acceptors (Lipinski definition) is 4. The Balaban J connectivity index is 1.51. The van der Waals surface area contributed by atoms with Crippen LogP contribution < -0.4 is 10.6 Å². The predicted octanol–water partition coefficient (Wildman–Crippen LogP) is 5.33. The fraction of sp³-hybridized carbons (Fsp3) is 0.227. The van der Waals surface area contributed by atoms with E-state index in [1.807, 2.05) is 6.08 Å². The average Bonchev–Trinajstić information content (AvgIpc) is 2.75. The number of rotatable bonds is 7. The van der Waals surface area contributed by atoms with Gasteiger partial charge in [0, 0.05) is 15.6 Å². The Bertz CT molecular complexity index is 1010. The predicted molar refractivity (Wildman–Crippen MR) is 124 cm³/mol. The Morgan fingerprint density at radius 2 is 1.65 bits per heavy atom. The average molecular weight is 479 g/mol. The highest BCUT2D eigenvalue weighted by atomic mass is 35.5. The molecule has 9 heteroatoms. The summed E-state index contributed by atoms with van der Waals surface area (Å²) in [6.07, 6.45) is 4.40. The summed E-state index contributed by atoms with van der Waals surface area (Å²) in [6, 6.07) is 11.9. The Labute approximate surface area is 194 Å². The fourth-order valence-corrected chi connectivity index (χ4v) is 4.33. The normalized spacial score (nSPS) is 17.7. The van der Waals surface area contributed by atoms with Crippen LogP contribution in [0.25, 0.3) is 0 Å². The Morgan fingerprint density at radius 1 is 0.968 bits per heavy atom. The maximum absolute atomic E-state index is 12.5. The topological polar surface area (TPSA) is 95.5 Å². The number of hydrogen-bond donors (Lipinski definition) is 3. The quantitative estimate of drug-likeness (QED) is 0.369. The third kappa shape index (κ3) is 6.50. The number of carbonyl (C=O) groups is 3. The number of amides is 2. The SMILES string of the molecule is O=C(CSc1ccc(NC(=O)C2CC=CCC2C(=O)O)cc1)Nc1ccc(Cl)cc1Cl. The highest BCUT2D eigenvalue weighted by molar-refractivity contribution is 8.00. The first-order chi connectivity index (χ1) is 14.8. The van der Waals surface area contributed by atoms with Crippen molar-refractivity contribution < 1.29 is 19.5 Å². The lowest BCUT2D eigenvalue weighted by atomic mass is 9.82. The van der Waals surface area contributed by atoms with Gasteiger partial charge in [0.1, 0.15) is 0 Å². The third-order valence-corrected chi connectivity index (χ3v) is 6.34. The van der Waals surface area contributed by atoms with Crippen LogP contribution in [0.1, 0.15) is 12.8 Å². The molecule has 2 unspecified atom stereocenters. The van der Waals surface area contributed by atoms with Gasteiger partial charge in [-0.15, -0.1) is 11.8 Å². The van der Waals surface area contributed by atoms with E-state index in [1.54, 1.807) is 48.5 Å².